The highest BCUT2D eigenvalue weighted by Crippen LogP contribution is 2.56. The molecule has 146 valence electrons. The summed E-state index contributed by atoms with van der Waals surface area (Å²) in [7, 11) is 0. The van der Waals surface area contributed by atoms with Crippen molar-refractivity contribution in [2.75, 3.05) is 18.0 Å². The molecule has 3 heterocycles. The predicted octanol–water partition coefficient (Wildman–Crippen LogP) is 4.33. The maximum atomic E-state index is 14.5. The van der Waals surface area contributed by atoms with E-state index in [4.69, 9.17) is 0 Å². The first kappa shape index (κ1) is 17.0. The molecule has 5 nitrogen and oxygen atoms in total. The number of anilines is 1. The first-order chi connectivity index (χ1) is 14.2. The van der Waals surface area contributed by atoms with E-state index in [1.165, 1.54) is 24.8 Å². The van der Waals surface area contributed by atoms with Crippen molar-refractivity contribution in [2.24, 2.45) is 5.41 Å². The normalized spacial score (nSPS) is 24.1. The van der Waals surface area contributed by atoms with Crippen LogP contribution in [0, 0.1) is 11.2 Å². The van der Waals surface area contributed by atoms with Crippen molar-refractivity contribution in [3.63, 3.8) is 0 Å². The van der Waals surface area contributed by atoms with Crippen LogP contribution in [0.15, 0.2) is 49.1 Å². The van der Waals surface area contributed by atoms with Gasteiger partial charge in [-0.2, -0.15) is 0 Å². The number of hydrogen-bond acceptors (Lipinski definition) is 5. The predicted molar refractivity (Wildman–Crippen MR) is 108 cm³/mol. The van der Waals surface area contributed by atoms with Crippen LogP contribution in [0.2, 0.25) is 0 Å². The fourth-order valence-electron chi connectivity index (χ4n) is 4.72. The molecule has 3 aromatic rings. The number of hydrogen-bond donors (Lipinski definition) is 0. The van der Waals surface area contributed by atoms with Gasteiger partial charge < -0.3 is 4.90 Å². The minimum Gasteiger partial charge on any atom is -0.369 e. The standard InChI is InChI=1S/C23H22FN5/c24-19-3-2-15(10-20(19)29-9-6-23(14-29)4-5-23)17-11-18(17)16-12-27-22(28-13-16)21-25-7-1-8-26-21/h1-3,7-8,10,12-13,17-18H,4-6,9,11,14H2. The summed E-state index contributed by atoms with van der Waals surface area (Å²) in [6, 6.07) is 7.44. The maximum Gasteiger partial charge on any atom is 0.197 e. The van der Waals surface area contributed by atoms with E-state index in [9.17, 15) is 4.39 Å². The molecule has 0 radical (unpaired) electrons. The van der Waals surface area contributed by atoms with Gasteiger partial charge in [-0.05, 0) is 72.3 Å². The van der Waals surface area contributed by atoms with Crippen LogP contribution in [0.1, 0.15) is 48.6 Å². The van der Waals surface area contributed by atoms with Crippen LogP contribution < -0.4 is 4.90 Å². The molecular weight excluding hydrogens is 365 g/mol. The van der Waals surface area contributed by atoms with Gasteiger partial charge in [0.05, 0.1) is 5.69 Å². The van der Waals surface area contributed by atoms with Gasteiger partial charge in [-0.1, -0.05) is 6.07 Å². The monoisotopic (exact) mass is 387 g/mol. The van der Waals surface area contributed by atoms with E-state index in [0.717, 1.165) is 30.8 Å². The molecule has 2 aromatic heterocycles. The van der Waals surface area contributed by atoms with Crippen molar-refractivity contribution >= 4 is 5.69 Å². The summed E-state index contributed by atoms with van der Waals surface area (Å²) >= 11 is 0. The van der Waals surface area contributed by atoms with Crippen molar-refractivity contribution in [1.29, 1.82) is 0 Å². The molecule has 1 spiro atoms. The van der Waals surface area contributed by atoms with Gasteiger partial charge in [-0.25, -0.2) is 24.3 Å². The van der Waals surface area contributed by atoms with E-state index < -0.39 is 0 Å². The lowest BCUT2D eigenvalue weighted by atomic mass is 10.0. The number of benzene rings is 1. The smallest absolute Gasteiger partial charge is 0.197 e. The van der Waals surface area contributed by atoms with Gasteiger partial charge in [0, 0.05) is 37.9 Å². The molecule has 1 aliphatic heterocycles. The Morgan fingerprint density at radius 3 is 2.34 bits per heavy atom. The van der Waals surface area contributed by atoms with Gasteiger partial charge in [0.2, 0.25) is 0 Å². The van der Waals surface area contributed by atoms with Gasteiger partial charge in [0.15, 0.2) is 11.6 Å². The fraction of sp³-hybridized carbons (Fsp3) is 0.391. The Morgan fingerprint density at radius 1 is 0.897 bits per heavy atom. The molecule has 6 rings (SSSR count). The van der Waals surface area contributed by atoms with Crippen LogP contribution in [0.5, 0.6) is 0 Å². The topological polar surface area (TPSA) is 54.8 Å². The Balaban J connectivity index is 1.20. The maximum absolute atomic E-state index is 14.5. The average molecular weight is 387 g/mol. The van der Waals surface area contributed by atoms with Crippen LogP contribution in [-0.2, 0) is 0 Å². The highest BCUT2D eigenvalue weighted by atomic mass is 19.1. The molecule has 0 bridgehead atoms. The number of rotatable bonds is 4. The molecule has 1 saturated heterocycles. The van der Waals surface area contributed by atoms with Crippen molar-refractivity contribution in [3.8, 4) is 11.6 Å². The molecule has 3 fully saturated rings. The van der Waals surface area contributed by atoms with Crippen LogP contribution in [0.25, 0.3) is 11.6 Å². The Morgan fingerprint density at radius 2 is 1.62 bits per heavy atom. The summed E-state index contributed by atoms with van der Waals surface area (Å²) < 4.78 is 14.5. The molecule has 29 heavy (non-hydrogen) atoms. The Kier molecular flexibility index (Phi) is 3.70. The second-order valence-corrected chi connectivity index (χ2v) is 8.74. The fourth-order valence-corrected chi connectivity index (χ4v) is 4.72. The largest absolute Gasteiger partial charge is 0.369 e. The summed E-state index contributed by atoms with van der Waals surface area (Å²) in [5, 5.41) is 0. The summed E-state index contributed by atoms with van der Waals surface area (Å²) in [6.07, 6.45) is 12.0. The lowest BCUT2D eigenvalue weighted by Crippen LogP contribution is -2.21. The zero-order valence-electron chi connectivity index (χ0n) is 16.1. The third-order valence-electron chi connectivity index (χ3n) is 6.79. The van der Waals surface area contributed by atoms with Gasteiger partial charge in [-0.3, -0.25) is 0 Å². The molecule has 2 saturated carbocycles. The summed E-state index contributed by atoms with van der Waals surface area (Å²) in [5.74, 6) is 1.79. The number of aromatic nitrogens is 4. The van der Waals surface area contributed by atoms with E-state index in [-0.39, 0.29) is 5.82 Å². The van der Waals surface area contributed by atoms with Crippen molar-refractivity contribution in [3.05, 3.63) is 66.0 Å². The third kappa shape index (κ3) is 3.07. The lowest BCUT2D eigenvalue weighted by Gasteiger charge is -2.20. The first-order valence-electron chi connectivity index (χ1n) is 10.3. The van der Waals surface area contributed by atoms with E-state index >= 15 is 0 Å². The Bertz CT molecular complexity index is 1050. The van der Waals surface area contributed by atoms with Crippen LogP contribution >= 0.6 is 0 Å². The quantitative estimate of drug-likeness (QED) is 0.667. The molecular formula is C23H22FN5. The zero-order chi connectivity index (χ0) is 19.4. The minimum atomic E-state index is -0.0980. The molecule has 1 aromatic carbocycles. The molecule has 3 aliphatic rings. The van der Waals surface area contributed by atoms with Crippen LogP contribution in [-0.4, -0.2) is 33.0 Å². The molecule has 0 amide bonds. The van der Waals surface area contributed by atoms with Crippen molar-refractivity contribution in [1.82, 2.24) is 19.9 Å². The summed E-state index contributed by atoms with van der Waals surface area (Å²) in [6.45, 7) is 1.99. The Hall–Kier alpha value is -2.89. The van der Waals surface area contributed by atoms with Crippen LogP contribution in [0.3, 0.4) is 0 Å². The van der Waals surface area contributed by atoms with E-state index in [1.54, 1.807) is 24.5 Å². The summed E-state index contributed by atoms with van der Waals surface area (Å²) in [4.78, 5) is 19.5. The van der Waals surface area contributed by atoms with Crippen molar-refractivity contribution in [2.45, 2.75) is 37.5 Å². The Labute approximate surface area is 169 Å². The SMILES string of the molecule is Fc1ccc(C2CC2c2cnc(-c3ncccn3)nc2)cc1N1CCC2(CC2)C1. The van der Waals surface area contributed by atoms with Crippen LogP contribution in [0.4, 0.5) is 10.1 Å². The number of nitrogens with zero attached hydrogens (tertiary/aromatic N) is 5. The van der Waals surface area contributed by atoms with E-state index in [1.807, 2.05) is 18.5 Å². The second kappa shape index (κ2) is 6.31. The number of halogens is 1. The average Bonchev–Trinajstić information content (AvgIpc) is 3.67. The molecule has 0 N–H and O–H groups in total. The van der Waals surface area contributed by atoms with Crippen molar-refractivity contribution < 1.29 is 4.39 Å². The third-order valence-corrected chi connectivity index (χ3v) is 6.79. The lowest BCUT2D eigenvalue weighted by molar-refractivity contribution is 0.577. The van der Waals surface area contributed by atoms with Gasteiger partial charge >= 0.3 is 0 Å². The zero-order valence-corrected chi connectivity index (χ0v) is 16.1. The second-order valence-electron chi connectivity index (χ2n) is 8.74. The van der Waals surface area contributed by atoms with E-state index in [0.29, 0.717) is 28.9 Å². The molecule has 6 heteroatoms. The molecule has 2 atom stereocenters. The van der Waals surface area contributed by atoms with E-state index in [2.05, 4.69) is 30.9 Å². The van der Waals surface area contributed by atoms with Gasteiger partial charge in [0.25, 0.3) is 0 Å². The highest BCUT2D eigenvalue weighted by molar-refractivity contribution is 5.54. The first-order valence-corrected chi connectivity index (χ1v) is 10.3. The molecule has 2 unspecified atom stereocenters. The van der Waals surface area contributed by atoms with Gasteiger partial charge in [-0.15, -0.1) is 0 Å². The highest BCUT2D eigenvalue weighted by Gasteiger charge is 2.48. The minimum absolute atomic E-state index is 0.0980. The molecule has 2 aliphatic carbocycles. The van der Waals surface area contributed by atoms with Gasteiger partial charge in [0.1, 0.15) is 5.82 Å². The summed E-state index contributed by atoms with van der Waals surface area (Å²) in [5.41, 5.74) is 3.62.